The molecule has 0 unspecified atom stereocenters. The quantitative estimate of drug-likeness (QED) is 0.600. The summed E-state index contributed by atoms with van der Waals surface area (Å²) in [5, 5.41) is 11.4. The first kappa shape index (κ1) is 17.3. The van der Waals surface area contributed by atoms with Crippen molar-refractivity contribution in [1.29, 1.82) is 0 Å². The van der Waals surface area contributed by atoms with Crippen molar-refractivity contribution in [3.8, 4) is 11.5 Å². The highest BCUT2D eigenvalue weighted by Gasteiger charge is 2.26. The molecule has 2 aromatic rings. The zero-order chi connectivity index (χ0) is 17.7. The van der Waals surface area contributed by atoms with E-state index >= 15 is 0 Å². The zero-order valence-electron chi connectivity index (χ0n) is 13.7. The summed E-state index contributed by atoms with van der Waals surface area (Å²) in [7, 11) is 2.83. The Kier molecular flexibility index (Phi) is 5.36. The fourth-order valence-electron chi connectivity index (χ4n) is 2.35. The number of methoxy groups -OCH3 is 2. The number of nitrogens with zero attached hydrogens (tertiary/aromatic N) is 2. The molecular formula is C17H18N2O5. The van der Waals surface area contributed by atoms with Gasteiger partial charge in [-0.25, -0.2) is 0 Å². The number of benzene rings is 2. The number of hydrogen-bond acceptors (Lipinski definition) is 5. The third kappa shape index (κ3) is 3.62. The first-order chi connectivity index (χ1) is 11.5. The van der Waals surface area contributed by atoms with Crippen LogP contribution in [0.25, 0.3) is 0 Å². The normalized spacial score (nSPS) is 10.1. The van der Waals surface area contributed by atoms with Gasteiger partial charge < -0.3 is 14.4 Å². The van der Waals surface area contributed by atoms with E-state index in [1.54, 1.807) is 0 Å². The van der Waals surface area contributed by atoms with E-state index in [1.165, 1.54) is 38.2 Å². The van der Waals surface area contributed by atoms with Gasteiger partial charge in [0.2, 0.25) is 5.91 Å². The predicted molar refractivity (Wildman–Crippen MR) is 89.5 cm³/mol. The lowest BCUT2D eigenvalue weighted by molar-refractivity contribution is -0.384. The van der Waals surface area contributed by atoms with Crippen molar-refractivity contribution in [1.82, 2.24) is 0 Å². The minimum absolute atomic E-state index is 0.161. The molecule has 2 aromatic carbocycles. The Labute approximate surface area is 139 Å². The third-order valence-corrected chi connectivity index (χ3v) is 3.53. The van der Waals surface area contributed by atoms with Crippen LogP contribution < -0.4 is 14.4 Å². The van der Waals surface area contributed by atoms with Crippen LogP contribution >= 0.6 is 0 Å². The molecule has 0 bridgehead atoms. The van der Waals surface area contributed by atoms with Gasteiger partial charge in [-0.3, -0.25) is 14.9 Å². The van der Waals surface area contributed by atoms with Gasteiger partial charge in [0.05, 0.1) is 31.8 Å². The molecule has 0 heterocycles. The second-order valence-electron chi connectivity index (χ2n) is 5.04. The van der Waals surface area contributed by atoms with Crippen molar-refractivity contribution in [3.05, 3.63) is 58.1 Å². The third-order valence-electron chi connectivity index (χ3n) is 3.53. The monoisotopic (exact) mass is 330 g/mol. The van der Waals surface area contributed by atoms with E-state index < -0.39 is 4.92 Å². The molecule has 7 nitrogen and oxygen atoms in total. The van der Waals surface area contributed by atoms with Crippen LogP contribution in [0, 0.1) is 10.1 Å². The van der Waals surface area contributed by atoms with Gasteiger partial charge in [-0.15, -0.1) is 0 Å². The Morgan fingerprint density at radius 2 is 1.71 bits per heavy atom. The van der Waals surface area contributed by atoms with Crippen LogP contribution in [0.2, 0.25) is 0 Å². The highest BCUT2D eigenvalue weighted by molar-refractivity contribution is 5.94. The fourth-order valence-corrected chi connectivity index (χ4v) is 2.35. The molecule has 0 saturated heterocycles. The molecule has 0 fully saturated rings. The van der Waals surface area contributed by atoms with Crippen LogP contribution in [0.1, 0.15) is 12.5 Å². The lowest BCUT2D eigenvalue weighted by Crippen LogP contribution is -2.28. The molecule has 0 atom stereocenters. The van der Waals surface area contributed by atoms with Gasteiger partial charge in [0.1, 0.15) is 5.69 Å². The summed E-state index contributed by atoms with van der Waals surface area (Å²) < 4.78 is 10.3. The Bertz CT molecular complexity index is 746. The molecule has 0 N–H and O–H groups in total. The minimum atomic E-state index is -0.543. The van der Waals surface area contributed by atoms with E-state index in [-0.39, 0.29) is 29.6 Å². The van der Waals surface area contributed by atoms with Crippen LogP contribution in [-0.4, -0.2) is 25.1 Å². The minimum Gasteiger partial charge on any atom is -0.493 e. The average Bonchev–Trinajstić information content (AvgIpc) is 2.59. The van der Waals surface area contributed by atoms with Crippen molar-refractivity contribution in [2.45, 2.75) is 13.5 Å². The summed E-state index contributed by atoms with van der Waals surface area (Å²) in [6.07, 6.45) is 0. The molecule has 0 aliphatic heterocycles. The summed E-state index contributed by atoms with van der Waals surface area (Å²) >= 11 is 0. The molecule has 0 aromatic heterocycles. The smallest absolute Gasteiger partial charge is 0.296 e. The Hall–Kier alpha value is -3.09. The van der Waals surface area contributed by atoms with E-state index in [4.69, 9.17) is 9.47 Å². The van der Waals surface area contributed by atoms with E-state index in [2.05, 4.69) is 0 Å². The molecule has 7 heteroatoms. The van der Waals surface area contributed by atoms with Gasteiger partial charge in [-0.1, -0.05) is 30.3 Å². The van der Waals surface area contributed by atoms with E-state index in [0.29, 0.717) is 5.75 Å². The first-order valence-electron chi connectivity index (χ1n) is 7.20. The highest BCUT2D eigenvalue weighted by Crippen LogP contribution is 2.40. The van der Waals surface area contributed by atoms with Crippen molar-refractivity contribution in [2.24, 2.45) is 0 Å². The molecule has 0 radical (unpaired) electrons. The van der Waals surface area contributed by atoms with Crippen LogP contribution in [0.15, 0.2) is 42.5 Å². The van der Waals surface area contributed by atoms with E-state index in [1.807, 2.05) is 30.3 Å². The molecule has 0 saturated carbocycles. The fraction of sp³-hybridized carbons (Fsp3) is 0.235. The number of rotatable bonds is 6. The second-order valence-corrected chi connectivity index (χ2v) is 5.04. The maximum absolute atomic E-state index is 12.1. The van der Waals surface area contributed by atoms with Crippen LogP contribution in [-0.2, 0) is 11.3 Å². The van der Waals surface area contributed by atoms with Crippen molar-refractivity contribution in [2.75, 3.05) is 19.1 Å². The first-order valence-corrected chi connectivity index (χ1v) is 7.20. The van der Waals surface area contributed by atoms with Gasteiger partial charge in [0.15, 0.2) is 11.5 Å². The Morgan fingerprint density at radius 1 is 1.12 bits per heavy atom. The van der Waals surface area contributed by atoms with Gasteiger partial charge in [-0.05, 0) is 5.56 Å². The van der Waals surface area contributed by atoms with Gasteiger partial charge in [0.25, 0.3) is 5.69 Å². The van der Waals surface area contributed by atoms with Crippen molar-refractivity contribution < 1.29 is 19.2 Å². The number of nitro benzene ring substituents is 1. The number of carbonyl (C=O) groups excluding carboxylic acids is 1. The van der Waals surface area contributed by atoms with Crippen molar-refractivity contribution >= 4 is 17.3 Å². The summed E-state index contributed by atoms with van der Waals surface area (Å²) in [4.78, 5) is 24.3. The second kappa shape index (κ2) is 7.45. The Balaban J connectivity index is 2.56. The molecule has 126 valence electrons. The van der Waals surface area contributed by atoms with Gasteiger partial charge in [-0.2, -0.15) is 0 Å². The molecule has 0 aliphatic rings. The summed E-state index contributed by atoms with van der Waals surface area (Å²) in [5.74, 6) is 0.239. The number of carbonyl (C=O) groups is 1. The maximum Gasteiger partial charge on any atom is 0.296 e. The topological polar surface area (TPSA) is 81.9 Å². The lowest BCUT2D eigenvalue weighted by Gasteiger charge is -2.22. The summed E-state index contributed by atoms with van der Waals surface area (Å²) in [6.45, 7) is 1.58. The molecule has 2 rings (SSSR count). The van der Waals surface area contributed by atoms with E-state index in [9.17, 15) is 14.9 Å². The summed E-state index contributed by atoms with van der Waals surface area (Å²) in [6, 6.07) is 12.0. The number of ether oxygens (including phenoxy) is 2. The van der Waals surface area contributed by atoms with Crippen LogP contribution in [0.3, 0.4) is 0 Å². The number of hydrogen-bond donors (Lipinski definition) is 0. The number of nitro groups is 1. The van der Waals surface area contributed by atoms with E-state index in [0.717, 1.165) is 5.56 Å². The number of amides is 1. The average molecular weight is 330 g/mol. The predicted octanol–water partition coefficient (Wildman–Crippen LogP) is 3.17. The van der Waals surface area contributed by atoms with Crippen molar-refractivity contribution in [3.63, 3.8) is 0 Å². The molecule has 24 heavy (non-hydrogen) atoms. The zero-order valence-corrected chi connectivity index (χ0v) is 13.7. The largest absolute Gasteiger partial charge is 0.493 e. The Morgan fingerprint density at radius 3 is 2.21 bits per heavy atom. The van der Waals surface area contributed by atoms with Crippen LogP contribution in [0.4, 0.5) is 11.4 Å². The molecule has 0 spiro atoms. The van der Waals surface area contributed by atoms with Gasteiger partial charge >= 0.3 is 0 Å². The SMILES string of the molecule is COc1cc(N(Cc2ccccc2)C(C)=O)c([N+](=O)[O-])cc1OC. The number of anilines is 1. The molecular weight excluding hydrogens is 312 g/mol. The molecule has 1 amide bonds. The molecule has 0 aliphatic carbocycles. The van der Waals surface area contributed by atoms with Gasteiger partial charge in [0, 0.05) is 13.0 Å². The highest BCUT2D eigenvalue weighted by atomic mass is 16.6. The maximum atomic E-state index is 12.1. The van der Waals surface area contributed by atoms with Crippen LogP contribution in [0.5, 0.6) is 11.5 Å². The lowest BCUT2D eigenvalue weighted by atomic mass is 10.1. The standard InChI is InChI=1S/C17H18N2O5/c1-12(20)18(11-13-7-5-4-6-8-13)14-9-16(23-2)17(24-3)10-15(14)19(21)22/h4-10H,11H2,1-3H3. The summed E-state index contributed by atoms with van der Waals surface area (Å²) in [5.41, 5.74) is 0.796.